The quantitative estimate of drug-likeness (QED) is 0.663. The van der Waals surface area contributed by atoms with Crippen LogP contribution in [0.15, 0.2) is 77.7 Å². The Bertz CT molecular complexity index is 1090. The maximum atomic E-state index is 13.4. The van der Waals surface area contributed by atoms with E-state index in [9.17, 15) is 13.2 Å². The molecule has 0 radical (unpaired) electrons. The lowest BCUT2D eigenvalue weighted by Gasteiger charge is -2.25. The maximum Gasteiger partial charge on any atom is 0.272 e. The van der Waals surface area contributed by atoms with Gasteiger partial charge in [-0.1, -0.05) is 48.5 Å². The summed E-state index contributed by atoms with van der Waals surface area (Å²) < 4.78 is 27.8. The Balaban J connectivity index is 2.26. The van der Waals surface area contributed by atoms with Gasteiger partial charge in [0.15, 0.2) is 0 Å². The van der Waals surface area contributed by atoms with E-state index in [0.717, 1.165) is 15.4 Å². The molecule has 0 bridgehead atoms. The van der Waals surface area contributed by atoms with Gasteiger partial charge in [0.25, 0.3) is 15.9 Å². The van der Waals surface area contributed by atoms with Crippen LogP contribution >= 0.6 is 0 Å². The van der Waals surface area contributed by atoms with E-state index in [1.165, 1.54) is 12.1 Å². The number of amides is 1. The highest BCUT2D eigenvalue weighted by molar-refractivity contribution is 7.93. The van der Waals surface area contributed by atoms with Crippen LogP contribution in [0, 0.1) is 20.8 Å². The second-order valence-electron chi connectivity index (χ2n) is 6.49. The zero-order valence-electron chi connectivity index (χ0n) is 15.5. The Labute approximate surface area is 160 Å². The molecule has 0 aliphatic rings. The molecular weight excluding hydrogens is 358 g/mol. The molecule has 0 atom stereocenters. The van der Waals surface area contributed by atoms with E-state index in [0.29, 0.717) is 16.8 Å². The summed E-state index contributed by atoms with van der Waals surface area (Å²) >= 11 is 0. The van der Waals surface area contributed by atoms with Gasteiger partial charge >= 0.3 is 0 Å². The highest BCUT2D eigenvalue weighted by Gasteiger charge is 2.33. The lowest BCUT2D eigenvalue weighted by Crippen LogP contribution is -2.38. The molecule has 0 aliphatic carbocycles. The molecule has 5 heteroatoms. The SMILES string of the molecule is Cc1ccc(C)c(N(C(=O)c2ccccc2C)S(=O)(=O)c2ccccc2)c1. The third-order valence-electron chi connectivity index (χ3n) is 4.42. The predicted octanol–water partition coefficient (Wildman–Crippen LogP) is 4.65. The number of nitrogens with zero attached hydrogens (tertiary/aromatic N) is 1. The van der Waals surface area contributed by atoms with Crippen molar-refractivity contribution < 1.29 is 13.2 Å². The summed E-state index contributed by atoms with van der Waals surface area (Å²) in [6, 6.07) is 20.5. The van der Waals surface area contributed by atoms with Crippen LogP contribution in [0.1, 0.15) is 27.0 Å². The van der Waals surface area contributed by atoms with Crippen molar-refractivity contribution in [2.24, 2.45) is 0 Å². The van der Waals surface area contributed by atoms with Crippen molar-refractivity contribution in [3.8, 4) is 0 Å². The van der Waals surface area contributed by atoms with Gasteiger partial charge in [0.2, 0.25) is 0 Å². The second-order valence-corrected chi connectivity index (χ2v) is 8.28. The predicted molar refractivity (Wildman–Crippen MR) is 108 cm³/mol. The number of rotatable bonds is 4. The zero-order chi connectivity index (χ0) is 19.6. The standard InChI is InChI=1S/C22H21NO3S/c1-16-13-14-18(3)21(15-16)23(22(24)20-12-8-7-9-17(20)2)27(25,26)19-10-5-4-6-11-19/h4-15H,1-3H3. The number of sulfonamides is 1. The molecule has 3 aromatic carbocycles. The molecule has 0 aliphatic heterocycles. The highest BCUT2D eigenvalue weighted by atomic mass is 32.2. The average molecular weight is 379 g/mol. The van der Waals surface area contributed by atoms with Crippen molar-refractivity contribution in [2.75, 3.05) is 4.31 Å². The van der Waals surface area contributed by atoms with Gasteiger partial charge < -0.3 is 0 Å². The van der Waals surface area contributed by atoms with Gasteiger partial charge in [-0.05, 0) is 61.7 Å². The summed E-state index contributed by atoms with van der Waals surface area (Å²) in [5, 5.41) is 0. The molecule has 4 nitrogen and oxygen atoms in total. The van der Waals surface area contributed by atoms with Crippen molar-refractivity contribution in [1.82, 2.24) is 0 Å². The number of anilines is 1. The molecular formula is C22H21NO3S. The smallest absolute Gasteiger partial charge is 0.268 e. The fourth-order valence-electron chi connectivity index (χ4n) is 2.91. The summed E-state index contributed by atoms with van der Waals surface area (Å²) in [5.41, 5.74) is 3.04. The van der Waals surface area contributed by atoms with E-state index >= 15 is 0 Å². The lowest BCUT2D eigenvalue weighted by atomic mass is 10.1. The first-order valence-electron chi connectivity index (χ1n) is 8.60. The Hall–Kier alpha value is -2.92. The molecule has 3 aromatic rings. The van der Waals surface area contributed by atoms with E-state index in [1.54, 1.807) is 56.3 Å². The first-order valence-corrected chi connectivity index (χ1v) is 10.0. The van der Waals surface area contributed by atoms with Gasteiger partial charge in [-0.25, -0.2) is 8.42 Å². The molecule has 0 fully saturated rings. The van der Waals surface area contributed by atoms with E-state index < -0.39 is 15.9 Å². The average Bonchev–Trinajstić information content (AvgIpc) is 2.65. The summed E-state index contributed by atoms with van der Waals surface area (Å²) in [7, 11) is -4.07. The van der Waals surface area contributed by atoms with Gasteiger partial charge in [0.1, 0.15) is 0 Å². The van der Waals surface area contributed by atoms with Gasteiger partial charge in [-0.2, -0.15) is 4.31 Å². The first kappa shape index (κ1) is 18.9. The van der Waals surface area contributed by atoms with Gasteiger partial charge in [0, 0.05) is 5.56 Å². The minimum atomic E-state index is -4.07. The molecule has 0 unspecified atom stereocenters. The van der Waals surface area contributed by atoms with E-state index in [-0.39, 0.29) is 4.90 Å². The Morgan fingerprint density at radius 1 is 0.778 bits per heavy atom. The van der Waals surface area contributed by atoms with Crippen molar-refractivity contribution in [2.45, 2.75) is 25.7 Å². The summed E-state index contributed by atoms with van der Waals surface area (Å²) in [5.74, 6) is -0.564. The molecule has 0 saturated heterocycles. The van der Waals surface area contributed by atoms with E-state index in [1.807, 2.05) is 25.1 Å². The van der Waals surface area contributed by atoms with Crippen molar-refractivity contribution in [1.29, 1.82) is 0 Å². The summed E-state index contributed by atoms with van der Waals surface area (Å²) in [6.45, 7) is 5.46. The van der Waals surface area contributed by atoms with Gasteiger partial charge in [-0.3, -0.25) is 4.79 Å². The third-order valence-corrected chi connectivity index (χ3v) is 6.14. The lowest BCUT2D eigenvalue weighted by molar-refractivity contribution is 0.100. The normalized spacial score (nSPS) is 11.2. The number of hydrogen-bond acceptors (Lipinski definition) is 3. The van der Waals surface area contributed by atoms with Crippen molar-refractivity contribution >= 4 is 21.6 Å². The number of carbonyl (C=O) groups excluding carboxylic acids is 1. The fraction of sp³-hybridized carbons (Fsp3) is 0.136. The van der Waals surface area contributed by atoms with Crippen LogP contribution in [-0.2, 0) is 10.0 Å². The van der Waals surface area contributed by atoms with Crippen LogP contribution in [0.5, 0.6) is 0 Å². The zero-order valence-corrected chi connectivity index (χ0v) is 16.3. The molecule has 1 amide bonds. The van der Waals surface area contributed by atoms with Crippen LogP contribution in [-0.4, -0.2) is 14.3 Å². The molecule has 0 N–H and O–H groups in total. The Morgan fingerprint density at radius 3 is 2.07 bits per heavy atom. The molecule has 0 heterocycles. The van der Waals surface area contributed by atoms with Crippen LogP contribution < -0.4 is 4.31 Å². The minimum absolute atomic E-state index is 0.0767. The fourth-order valence-corrected chi connectivity index (χ4v) is 4.39. The monoisotopic (exact) mass is 379 g/mol. The van der Waals surface area contributed by atoms with E-state index in [2.05, 4.69) is 0 Å². The third kappa shape index (κ3) is 3.64. The van der Waals surface area contributed by atoms with Gasteiger partial charge in [-0.15, -0.1) is 0 Å². The largest absolute Gasteiger partial charge is 0.272 e. The Kier molecular flexibility index (Phi) is 5.15. The molecule has 0 saturated carbocycles. The van der Waals surface area contributed by atoms with Crippen LogP contribution in [0.2, 0.25) is 0 Å². The van der Waals surface area contributed by atoms with Crippen molar-refractivity contribution in [3.63, 3.8) is 0 Å². The number of hydrogen-bond donors (Lipinski definition) is 0. The van der Waals surface area contributed by atoms with Crippen molar-refractivity contribution in [3.05, 3.63) is 95.1 Å². The van der Waals surface area contributed by atoms with E-state index in [4.69, 9.17) is 0 Å². The number of benzene rings is 3. The number of carbonyl (C=O) groups is 1. The topological polar surface area (TPSA) is 54.5 Å². The second kappa shape index (κ2) is 7.37. The highest BCUT2D eigenvalue weighted by Crippen LogP contribution is 2.30. The molecule has 3 rings (SSSR count). The molecule has 138 valence electrons. The first-order chi connectivity index (χ1) is 12.8. The van der Waals surface area contributed by atoms with Crippen LogP contribution in [0.25, 0.3) is 0 Å². The maximum absolute atomic E-state index is 13.4. The summed E-state index contributed by atoms with van der Waals surface area (Å²) in [6.07, 6.45) is 0. The minimum Gasteiger partial charge on any atom is -0.268 e. The molecule has 0 aromatic heterocycles. The molecule has 27 heavy (non-hydrogen) atoms. The number of aryl methyl sites for hydroxylation is 3. The van der Waals surface area contributed by atoms with Crippen LogP contribution in [0.3, 0.4) is 0 Å². The Morgan fingerprint density at radius 2 is 1.41 bits per heavy atom. The van der Waals surface area contributed by atoms with Gasteiger partial charge in [0.05, 0.1) is 10.6 Å². The molecule has 0 spiro atoms. The van der Waals surface area contributed by atoms with Crippen LogP contribution in [0.4, 0.5) is 5.69 Å². The summed E-state index contributed by atoms with van der Waals surface area (Å²) in [4.78, 5) is 13.5.